The first-order valence-electron chi connectivity index (χ1n) is 4.78. The zero-order valence-electron chi connectivity index (χ0n) is 8.68. The van der Waals surface area contributed by atoms with Crippen molar-refractivity contribution < 1.29 is 9.84 Å². The predicted octanol–water partition coefficient (Wildman–Crippen LogP) is 3.60. The molecule has 0 aliphatic carbocycles. The van der Waals surface area contributed by atoms with E-state index in [1.54, 1.807) is 7.11 Å². The molecule has 1 N–H and O–H groups in total. The third-order valence-corrected chi connectivity index (χ3v) is 3.97. The lowest BCUT2D eigenvalue weighted by Crippen LogP contribution is -2.00. The highest BCUT2D eigenvalue weighted by Crippen LogP contribution is 2.34. The van der Waals surface area contributed by atoms with Crippen LogP contribution < -0.4 is 4.74 Å². The first kappa shape index (κ1) is 11.6. The van der Waals surface area contributed by atoms with Crippen LogP contribution in [0.15, 0.2) is 40.2 Å². The molecule has 1 aromatic heterocycles. The summed E-state index contributed by atoms with van der Waals surface area (Å²) in [6.45, 7) is 0. The molecule has 0 saturated carbocycles. The van der Waals surface area contributed by atoms with Gasteiger partial charge in [0.1, 0.15) is 11.9 Å². The van der Waals surface area contributed by atoms with E-state index in [1.807, 2.05) is 36.4 Å². The molecule has 1 unspecified atom stereocenters. The van der Waals surface area contributed by atoms with Gasteiger partial charge < -0.3 is 9.84 Å². The Labute approximate surface area is 107 Å². The van der Waals surface area contributed by atoms with Crippen molar-refractivity contribution in [2.75, 3.05) is 7.11 Å². The number of benzene rings is 1. The minimum atomic E-state index is -0.632. The summed E-state index contributed by atoms with van der Waals surface area (Å²) in [7, 11) is 1.61. The van der Waals surface area contributed by atoms with Crippen molar-refractivity contribution in [3.05, 3.63) is 50.6 Å². The van der Waals surface area contributed by atoms with E-state index in [2.05, 4.69) is 15.9 Å². The molecular weight excluding hydrogens is 288 g/mol. The molecule has 2 aromatic rings. The number of thiophene rings is 1. The fourth-order valence-corrected chi connectivity index (χ4v) is 2.95. The largest absolute Gasteiger partial charge is 0.496 e. The van der Waals surface area contributed by atoms with Crippen LogP contribution in [-0.4, -0.2) is 12.2 Å². The molecule has 0 fully saturated rings. The van der Waals surface area contributed by atoms with Crippen molar-refractivity contribution >= 4 is 27.3 Å². The van der Waals surface area contributed by atoms with Crippen molar-refractivity contribution in [3.8, 4) is 5.75 Å². The van der Waals surface area contributed by atoms with Crippen LogP contribution in [0.4, 0.5) is 0 Å². The van der Waals surface area contributed by atoms with E-state index in [0.717, 1.165) is 14.2 Å². The van der Waals surface area contributed by atoms with E-state index in [0.29, 0.717) is 5.75 Å². The molecule has 1 atom stereocenters. The SMILES string of the molecule is COc1ccccc1C(O)c1ccc(Br)s1. The zero-order chi connectivity index (χ0) is 11.5. The van der Waals surface area contributed by atoms with Gasteiger partial charge in [-0.25, -0.2) is 0 Å². The van der Waals surface area contributed by atoms with Gasteiger partial charge in [-0.05, 0) is 34.1 Å². The Bertz CT molecular complexity index is 481. The standard InChI is InChI=1S/C12H11BrO2S/c1-15-9-5-3-2-4-8(9)12(14)10-6-7-11(13)16-10/h2-7,12,14H,1H3. The number of ether oxygens (including phenoxy) is 1. The van der Waals surface area contributed by atoms with Crippen molar-refractivity contribution in [1.82, 2.24) is 0 Å². The van der Waals surface area contributed by atoms with Gasteiger partial charge in [0, 0.05) is 10.4 Å². The lowest BCUT2D eigenvalue weighted by Gasteiger charge is -2.12. The molecule has 0 aliphatic heterocycles. The van der Waals surface area contributed by atoms with E-state index in [9.17, 15) is 5.11 Å². The monoisotopic (exact) mass is 298 g/mol. The second kappa shape index (κ2) is 4.99. The molecule has 1 heterocycles. The number of methoxy groups -OCH3 is 1. The summed E-state index contributed by atoms with van der Waals surface area (Å²) in [5.41, 5.74) is 0.791. The maximum atomic E-state index is 10.2. The Kier molecular flexibility index (Phi) is 3.63. The van der Waals surface area contributed by atoms with Crippen molar-refractivity contribution in [1.29, 1.82) is 0 Å². The molecule has 1 aromatic carbocycles. The molecule has 0 radical (unpaired) electrons. The molecule has 2 rings (SSSR count). The highest BCUT2D eigenvalue weighted by molar-refractivity contribution is 9.11. The summed E-state index contributed by atoms with van der Waals surface area (Å²) in [6.07, 6.45) is -0.632. The number of rotatable bonds is 3. The van der Waals surface area contributed by atoms with Crippen molar-refractivity contribution in [2.45, 2.75) is 6.10 Å². The third kappa shape index (κ3) is 2.29. The predicted molar refractivity (Wildman–Crippen MR) is 69.1 cm³/mol. The van der Waals surface area contributed by atoms with Gasteiger partial charge in [0.15, 0.2) is 0 Å². The van der Waals surface area contributed by atoms with Gasteiger partial charge in [0.25, 0.3) is 0 Å². The molecule has 0 aliphatic rings. The summed E-state index contributed by atoms with van der Waals surface area (Å²) in [6, 6.07) is 11.3. The van der Waals surface area contributed by atoms with Gasteiger partial charge in [-0.2, -0.15) is 0 Å². The molecule has 16 heavy (non-hydrogen) atoms. The van der Waals surface area contributed by atoms with Gasteiger partial charge in [-0.3, -0.25) is 0 Å². The van der Waals surface area contributed by atoms with Crippen LogP contribution in [0.3, 0.4) is 0 Å². The van der Waals surface area contributed by atoms with Gasteiger partial charge in [-0.1, -0.05) is 18.2 Å². The van der Waals surface area contributed by atoms with Gasteiger partial charge in [0.05, 0.1) is 10.9 Å². The maximum absolute atomic E-state index is 10.2. The smallest absolute Gasteiger partial charge is 0.125 e. The molecule has 0 bridgehead atoms. The third-order valence-electron chi connectivity index (χ3n) is 2.30. The number of para-hydroxylation sites is 1. The Morgan fingerprint density at radius 3 is 2.62 bits per heavy atom. The first-order valence-corrected chi connectivity index (χ1v) is 6.39. The lowest BCUT2D eigenvalue weighted by atomic mass is 10.1. The minimum absolute atomic E-state index is 0.632. The quantitative estimate of drug-likeness (QED) is 0.938. The summed E-state index contributed by atoms with van der Waals surface area (Å²) in [5, 5.41) is 10.2. The fourth-order valence-electron chi connectivity index (χ4n) is 1.52. The van der Waals surface area contributed by atoms with E-state index in [-0.39, 0.29) is 0 Å². The Morgan fingerprint density at radius 1 is 1.25 bits per heavy atom. The summed E-state index contributed by atoms with van der Waals surface area (Å²) in [5.74, 6) is 0.708. The molecule has 4 heteroatoms. The molecule has 84 valence electrons. The number of aliphatic hydroxyl groups is 1. The van der Waals surface area contributed by atoms with Crippen LogP contribution in [0.2, 0.25) is 0 Å². The van der Waals surface area contributed by atoms with Crippen molar-refractivity contribution in [3.63, 3.8) is 0 Å². The number of hydrogen-bond donors (Lipinski definition) is 1. The van der Waals surface area contributed by atoms with E-state index < -0.39 is 6.10 Å². The normalized spacial score (nSPS) is 12.4. The van der Waals surface area contributed by atoms with Crippen LogP contribution in [-0.2, 0) is 0 Å². The van der Waals surface area contributed by atoms with Crippen LogP contribution in [0.25, 0.3) is 0 Å². The molecule has 0 amide bonds. The maximum Gasteiger partial charge on any atom is 0.125 e. The molecule has 2 nitrogen and oxygen atoms in total. The minimum Gasteiger partial charge on any atom is -0.496 e. The van der Waals surface area contributed by atoms with Crippen molar-refractivity contribution in [2.24, 2.45) is 0 Å². The van der Waals surface area contributed by atoms with Gasteiger partial charge >= 0.3 is 0 Å². The van der Waals surface area contributed by atoms with E-state index >= 15 is 0 Å². The number of halogens is 1. The molecular formula is C12H11BrO2S. The average Bonchev–Trinajstić information content (AvgIpc) is 2.75. The highest BCUT2D eigenvalue weighted by Gasteiger charge is 2.16. The second-order valence-electron chi connectivity index (χ2n) is 3.29. The fraction of sp³-hybridized carbons (Fsp3) is 0.167. The zero-order valence-corrected chi connectivity index (χ0v) is 11.1. The Morgan fingerprint density at radius 2 is 2.00 bits per heavy atom. The van der Waals surface area contributed by atoms with Gasteiger partial charge in [0.2, 0.25) is 0 Å². The van der Waals surface area contributed by atoms with Crippen LogP contribution in [0.5, 0.6) is 5.75 Å². The summed E-state index contributed by atoms with van der Waals surface area (Å²) in [4.78, 5) is 0.899. The summed E-state index contributed by atoms with van der Waals surface area (Å²) < 4.78 is 6.24. The number of aliphatic hydroxyl groups excluding tert-OH is 1. The van der Waals surface area contributed by atoms with E-state index in [4.69, 9.17) is 4.74 Å². The molecule has 0 saturated heterocycles. The number of hydrogen-bond acceptors (Lipinski definition) is 3. The van der Waals surface area contributed by atoms with Crippen LogP contribution in [0.1, 0.15) is 16.5 Å². The highest BCUT2D eigenvalue weighted by atomic mass is 79.9. The van der Waals surface area contributed by atoms with Crippen LogP contribution >= 0.6 is 27.3 Å². The Hall–Kier alpha value is -0.840. The lowest BCUT2D eigenvalue weighted by molar-refractivity contribution is 0.218. The Balaban J connectivity index is 2.36. The average molecular weight is 299 g/mol. The topological polar surface area (TPSA) is 29.5 Å². The van der Waals surface area contributed by atoms with Gasteiger partial charge in [-0.15, -0.1) is 11.3 Å². The second-order valence-corrected chi connectivity index (χ2v) is 5.78. The summed E-state index contributed by atoms with van der Waals surface area (Å²) >= 11 is 4.91. The molecule has 0 spiro atoms. The van der Waals surface area contributed by atoms with E-state index in [1.165, 1.54) is 11.3 Å². The first-order chi connectivity index (χ1) is 7.72. The van der Waals surface area contributed by atoms with Crippen LogP contribution in [0, 0.1) is 0 Å².